The molecule has 0 spiro atoms. The van der Waals surface area contributed by atoms with Gasteiger partial charge in [-0.3, -0.25) is 9.89 Å². The first kappa shape index (κ1) is 22.2. The van der Waals surface area contributed by atoms with E-state index in [2.05, 4.69) is 53.3 Å². The smallest absolute Gasteiger partial charge is 0.225 e. The van der Waals surface area contributed by atoms with Gasteiger partial charge in [-0.05, 0) is 36.4 Å². The first-order chi connectivity index (χ1) is 13.7. The molecule has 4 rings (SSSR count). The van der Waals surface area contributed by atoms with Crippen molar-refractivity contribution in [1.82, 2.24) is 25.1 Å². The number of halogens is 1. The second kappa shape index (κ2) is 10.5. The summed E-state index contributed by atoms with van der Waals surface area (Å²) in [5, 5.41) is 5.82. The monoisotopic (exact) mass is 527 g/mol. The second-order valence-corrected chi connectivity index (χ2v) is 8.39. The Kier molecular flexibility index (Phi) is 8.07. The van der Waals surface area contributed by atoms with Crippen molar-refractivity contribution in [1.29, 1.82) is 0 Å². The third kappa shape index (κ3) is 5.37. The Hall–Kier alpha value is -1.46. The molecule has 158 valence electrons. The van der Waals surface area contributed by atoms with Crippen LogP contribution < -0.4 is 10.2 Å². The molecule has 2 aliphatic heterocycles. The molecule has 0 saturated carbocycles. The van der Waals surface area contributed by atoms with E-state index in [-0.39, 0.29) is 24.0 Å². The lowest BCUT2D eigenvalue weighted by atomic mass is 10.1. The minimum Gasteiger partial charge on any atom is -0.355 e. The number of nitrogens with one attached hydrogen (secondary N) is 1. The number of hydrogen-bond acceptors (Lipinski definition) is 6. The number of hydrogen-bond donors (Lipinski definition) is 1. The van der Waals surface area contributed by atoms with Crippen molar-refractivity contribution < 1.29 is 0 Å². The quantitative estimate of drug-likeness (QED) is 0.374. The predicted molar refractivity (Wildman–Crippen MR) is 130 cm³/mol. The Morgan fingerprint density at radius 1 is 1.21 bits per heavy atom. The first-order valence-electron chi connectivity index (χ1n) is 10.0. The van der Waals surface area contributed by atoms with Gasteiger partial charge in [0, 0.05) is 76.2 Å². The molecule has 2 aromatic rings. The van der Waals surface area contributed by atoms with E-state index in [0.717, 1.165) is 57.7 Å². The number of nitrogens with zero attached hydrogens (tertiary/aromatic N) is 6. The summed E-state index contributed by atoms with van der Waals surface area (Å²) in [7, 11) is 1.87. The van der Waals surface area contributed by atoms with Gasteiger partial charge in [0.25, 0.3) is 0 Å². The van der Waals surface area contributed by atoms with Crippen LogP contribution in [-0.2, 0) is 13.0 Å². The Balaban J connectivity index is 0.00000240. The van der Waals surface area contributed by atoms with E-state index >= 15 is 0 Å². The molecule has 4 heterocycles. The van der Waals surface area contributed by atoms with Gasteiger partial charge in [-0.2, -0.15) is 0 Å². The van der Waals surface area contributed by atoms with E-state index in [0.29, 0.717) is 6.04 Å². The number of guanidine groups is 1. The molecule has 0 amide bonds. The van der Waals surface area contributed by atoms with Crippen molar-refractivity contribution >= 4 is 47.2 Å². The molecular formula is C20H30IN7S. The standard InChI is InChI=1S/C20H29N7S.HI/c1-16(27-8-4-18-17(15-27)5-13-28-18)14-24-19(21-2)25-9-11-26(12-10-25)20-22-6-3-7-23-20;/h3,5-7,13,16H,4,8-12,14-15H2,1-2H3,(H,21,24);1H. The number of aromatic nitrogens is 2. The van der Waals surface area contributed by atoms with E-state index in [9.17, 15) is 0 Å². The van der Waals surface area contributed by atoms with Crippen LogP contribution in [0.15, 0.2) is 34.9 Å². The number of thiophene rings is 1. The summed E-state index contributed by atoms with van der Waals surface area (Å²) < 4.78 is 0. The maximum absolute atomic E-state index is 4.52. The lowest BCUT2D eigenvalue weighted by Gasteiger charge is -2.37. The first-order valence-corrected chi connectivity index (χ1v) is 10.9. The van der Waals surface area contributed by atoms with Crippen LogP contribution in [0.3, 0.4) is 0 Å². The molecule has 1 fully saturated rings. The van der Waals surface area contributed by atoms with Gasteiger partial charge in [-0.15, -0.1) is 35.3 Å². The SMILES string of the molecule is CN=C(NCC(C)N1CCc2sccc2C1)N1CCN(c2ncccn2)CC1.I. The summed E-state index contributed by atoms with van der Waals surface area (Å²) in [6.45, 7) is 9.10. The highest BCUT2D eigenvalue weighted by molar-refractivity contribution is 14.0. The molecule has 1 unspecified atom stereocenters. The van der Waals surface area contributed by atoms with Gasteiger partial charge in [0.15, 0.2) is 5.96 Å². The number of piperazine rings is 1. The zero-order chi connectivity index (χ0) is 19.3. The molecule has 0 aromatic carbocycles. The molecule has 0 radical (unpaired) electrons. The van der Waals surface area contributed by atoms with Crippen LogP contribution in [0.1, 0.15) is 17.4 Å². The van der Waals surface area contributed by atoms with E-state index in [1.165, 1.54) is 12.0 Å². The lowest BCUT2D eigenvalue weighted by molar-refractivity contribution is 0.191. The van der Waals surface area contributed by atoms with Crippen LogP contribution in [-0.4, -0.2) is 78.1 Å². The van der Waals surface area contributed by atoms with Gasteiger partial charge >= 0.3 is 0 Å². The van der Waals surface area contributed by atoms with Crippen LogP contribution in [0, 0.1) is 0 Å². The van der Waals surface area contributed by atoms with Gasteiger partial charge in [0.05, 0.1) is 0 Å². The molecule has 2 aliphatic rings. The number of rotatable bonds is 4. The lowest BCUT2D eigenvalue weighted by Crippen LogP contribution is -2.54. The maximum atomic E-state index is 4.52. The Labute approximate surface area is 194 Å². The van der Waals surface area contributed by atoms with Crippen LogP contribution in [0.4, 0.5) is 5.95 Å². The zero-order valence-corrected chi connectivity index (χ0v) is 20.3. The van der Waals surface area contributed by atoms with Crippen molar-refractivity contribution in [3.8, 4) is 0 Å². The number of anilines is 1. The normalized spacial score (nSPS) is 18.8. The highest BCUT2D eigenvalue weighted by Crippen LogP contribution is 2.25. The molecule has 0 bridgehead atoms. The van der Waals surface area contributed by atoms with Gasteiger partial charge in [0.2, 0.25) is 5.95 Å². The predicted octanol–water partition coefficient (Wildman–Crippen LogP) is 2.30. The van der Waals surface area contributed by atoms with Crippen molar-refractivity contribution in [2.45, 2.75) is 25.9 Å². The van der Waals surface area contributed by atoms with Crippen LogP contribution in [0.5, 0.6) is 0 Å². The topological polar surface area (TPSA) is 59.9 Å². The van der Waals surface area contributed by atoms with Gasteiger partial charge < -0.3 is 15.1 Å². The van der Waals surface area contributed by atoms with Crippen molar-refractivity contribution in [3.05, 3.63) is 40.3 Å². The third-order valence-electron chi connectivity index (χ3n) is 5.64. The van der Waals surface area contributed by atoms with Crippen LogP contribution in [0.2, 0.25) is 0 Å². The highest BCUT2D eigenvalue weighted by Gasteiger charge is 2.24. The average Bonchev–Trinajstić information content (AvgIpc) is 3.23. The Morgan fingerprint density at radius 3 is 2.69 bits per heavy atom. The molecule has 7 nitrogen and oxygen atoms in total. The van der Waals surface area contributed by atoms with Gasteiger partial charge in [-0.1, -0.05) is 0 Å². The molecule has 1 N–H and O–H groups in total. The molecule has 1 atom stereocenters. The summed E-state index contributed by atoms with van der Waals surface area (Å²) in [6, 6.07) is 4.61. The van der Waals surface area contributed by atoms with Crippen molar-refractivity contribution in [2.75, 3.05) is 51.2 Å². The zero-order valence-electron chi connectivity index (χ0n) is 17.1. The minimum absolute atomic E-state index is 0. The number of fused-ring (bicyclic) bond motifs is 1. The summed E-state index contributed by atoms with van der Waals surface area (Å²) >= 11 is 1.90. The fourth-order valence-electron chi connectivity index (χ4n) is 3.92. The summed E-state index contributed by atoms with van der Waals surface area (Å²) in [5.74, 6) is 1.81. The fourth-order valence-corrected chi connectivity index (χ4v) is 4.81. The number of aliphatic imine (C=N–C) groups is 1. The van der Waals surface area contributed by atoms with Gasteiger partial charge in [0.1, 0.15) is 0 Å². The van der Waals surface area contributed by atoms with Crippen LogP contribution >= 0.6 is 35.3 Å². The summed E-state index contributed by atoms with van der Waals surface area (Å²) in [6.07, 6.45) is 4.78. The molecule has 1 saturated heterocycles. The Morgan fingerprint density at radius 2 is 1.97 bits per heavy atom. The average molecular weight is 527 g/mol. The molecular weight excluding hydrogens is 497 g/mol. The Bertz CT molecular complexity index is 789. The van der Waals surface area contributed by atoms with E-state index in [4.69, 9.17) is 0 Å². The molecule has 29 heavy (non-hydrogen) atoms. The van der Waals surface area contributed by atoms with E-state index in [1.54, 1.807) is 17.3 Å². The molecule has 2 aromatic heterocycles. The summed E-state index contributed by atoms with van der Waals surface area (Å²) in [5.41, 5.74) is 1.51. The van der Waals surface area contributed by atoms with Gasteiger partial charge in [-0.25, -0.2) is 9.97 Å². The summed E-state index contributed by atoms with van der Waals surface area (Å²) in [4.78, 5) is 21.9. The van der Waals surface area contributed by atoms with E-state index in [1.807, 2.05) is 24.5 Å². The third-order valence-corrected chi connectivity index (χ3v) is 6.67. The van der Waals surface area contributed by atoms with Crippen molar-refractivity contribution in [3.63, 3.8) is 0 Å². The molecule has 0 aliphatic carbocycles. The largest absolute Gasteiger partial charge is 0.355 e. The molecule has 9 heteroatoms. The minimum atomic E-state index is 0. The maximum Gasteiger partial charge on any atom is 0.225 e. The second-order valence-electron chi connectivity index (χ2n) is 7.39. The van der Waals surface area contributed by atoms with Crippen LogP contribution in [0.25, 0.3) is 0 Å². The van der Waals surface area contributed by atoms with E-state index < -0.39 is 0 Å². The fraction of sp³-hybridized carbons (Fsp3) is 0.550. The van der Waals surface area contributed by atoms with Crippen molar-refractivity contribution in [2.24, 2.45) is 4.99 Å². The highest BCUT2D eigenvalue weighted by atomic mass is 127.